The molecule has 0 aliphatic heterocycles. The van der Waals surface area contributed by atoms with Gasteiger partial charge in [0, 0.05) is 17.1 Å². The Balaban J connectivity index is 0.000000287. The van der Waals surface area contributed by atoms with Gasteiger partial charge in [0.25, 0.3) is 0 Å². The van der Waals surface area contributed by atoms with Crippen LogP contribution in [0.15, 0.2) is 24.3 Å². The largest absolute Gasteiger partial charge is 0.455 e. The van der Waals surface area contributed by atoms with Gasteiger partial charge in [-0.3, -0.25) is 0 Å². The van der Waals surface area contributed by atoms with E-state index in [1.165, 1.54) is 13.8 Å². The van der Waals surface area contributed by atoms with E-state index in [-0.39, 0.29) is 17.1 Å². The van der Waals surface area contributed by atoms with Gasteiger partial charge in [0.2, 0.25) is 0 Å². The van der Waals surface area contributed by atoms with E-state index in [2.05, 4.69) is 13.2 Å². The number of alkyl halides is 6. The molecule has 0 aromatic carbocycles. The summed E-state index contributed by atoms with van der Waals surface area (Å²) < 4.78 is 88.5. The lowest BCUT2D eigenvalue weighted by molar-refractivity contribution is -0.293. The fraction of sp³-hybridized carbons (Fsp3) is 0.793. The second-order valence-corrected chi connectivity index (χ2v) is 12.2. The molecule has 2 bridgehead atoms. The highest BCUT2D eigenvalue weighted by Gasteiger charge is 2.62. The standard InChI is InChI=1S/C15H21F3O3.C14H21F3O3/c1-8(2)13(19)21-12(14(3,20)15(16,17)18)11-7-9-4-5-10(11)6-9;1-9(2)12(18)20-11(10-7-5-4-6-8-10)13(3,19)14(15,16)17/h9-12,20H,1,4-7H2,2-3H3;10-11,19H,1,4-8H2,2-3H3. The molecule has 3 aliphatic rings. The Hall–Kier alpha value is -2.08. The van der Waals surface area contributed by atoms with Crippen LogP contribution in [-0.2, 0) is 19.1 Å². The molecule has 0 radical (unpaired) electrons. The van der Waals surface area contributed by atoms with E-state index in [0.717, 1.165) is 38.5 Å². The minimum absolute atomic E-state index is 0.0174. The van der Waals surface area contributed by atoms with Crippen molar-refractivity contribution in [2.45, 2.75) is 121 Å². The molecule has 6 nitrogen and oxygen atoms in total. The first-order valence-electron chi connectivity index (χ1n) is 13.9. The van der Waals surface area contributed by atoms with Crippen molar-refractivity contribution in [1.82, 2.24) is 0 Å². The van der Waals surface area contributed by atoms with Crippen molar-refractivity contribution in [2.24, 2.45) is 23.7 Å². The number of carbonyl (C=O) groups excluding carboxylic acids is 2. The van der Waals surface area contributed by atoms with Gasteiger partial charge in [-0.05, 0) is 77.6 Å². The number of halogens is 6. The van der Waals surface area contributed by atoms with Crippen molar-refractivity contribution >= 4 is 11.9 Å². The van der Waals surface area contributed by atoms with Crippen molar-refractivity contribution in [3.05, 3.63) is 24.3 Å². The predicted octanol–water partition coefficient (Wildman–Crippen LogP) is 6.59. The number of aliphatic hydroxyl groups is 2. The van der Waals surface area contributed by atoms with Gasteiger partial charge >= 0.3 is 24.3 Å². The summed E-state index contributed by atoms with van der Waals surface area (Å²) in [4.78, 5) is 23.3. The molecule has 3 fully saturated rings. The molecule has 2 N–H and O–H groups in total. The van der Waals surface area contributed by atoms with Gasteiger partial charge < -0.3 is 19.7 Å². The topological polar surface area (TPSA) is 93.1 Å². The quantitative estimate of drug-likeness (QED) is 0.186. The zero-order chi connectivity index (χ0) is 31.6. The third-order valence-electron chi connectivity index (χ3n) is 8.68. The first-order chi connectivity index (χ1) is 18.6. The molecule has 0 aromatic heterocycles. The third-order valence-corrected chi connectivity index (χ3v) is 8.68. The smallest absolute Gasteiger partial charge is 0.420 e. The number of carbonyl (C=O) groups is 2. The molecule has 7 atom stereocenters. The van der Waals surface area contributed by atoms with Gasteiger partial charge in [0.1, 0.15) is 12.2 Å². The predicted molar refractivity (Wildman–Crippen MR) is 138 cm³/mol. The highest BCUT2D eigenvalue weighted by Crippen LogP contribution is 2.53. The van der Waals surface area contributed by atoms with E-state index in [1.54, 1.807) is 0 Å². The lowest BCUT2D eigenvalue weighted by Crippen LogP contribution is -2.57. The van der Waals surface area contributed by atoms with Crippen LogP contribution in [0.5, 0.6) is 0 Å². The monoisotopic (exact) mass is 600 g/mol. The van der Waals surface area contributed by atoms with Crippen LogP contribution in [0.2, 0.25) is 0 Å². The summed E-state index contributed by atoms with van der Waals surface area (Å²) in [5, 5.41) is 19.9. The van der Waals surface area contributed by atoms with Crippen molar-refractivity contribution < 1.29 is 55.6 Å². The molecule has 0 saturated heterocycles. The Bertz CT molecular complexity index is 964. The number of esters is 2. The number of rotatable bonds is 8. The van der Waals surface area contributed by atoms with Crippen molar-refractivity contribution in [3.8, 4) is 0 Å². The van der Waals surface area contributed by atoms with Crippen LogP contribution in [0.3, 0.4) is 0 Å². The molecular weight excluding hydrogens is 558 g/mol. The van der Waals surface area contributed by atoms with Gasteiger partial charge in [-0.1, -0.05) is 38.8 Å². The van der Waals surface area contributed by atoms with E-state index < -0.39 is 59.5 Å². The minimum atomic E-state index is -4.86. The molecule has 3 rings (SSSR count). The maximum Gasteiger partial charge on any atom is 0.420 e. The van der Waals surface area contributed by atoms with E-state index in [1.807, 2.05) is 0 Å². The third kappa shape index (κ3) is 8.27. The molecule has 0 heterocycles. The molecule has 41 heavy (non-hydrogen) atoms. The zero-order valence-corrected chi connectivity index (χ0v) is 24.0. The minimum Gasteiger partial charge on any atom is -0.455 e. The van der Waals surface area contributed by atoms with E-state index in [4.69, 9.17) is 9.47 Å². The van der Waals surface area contributed by atoms with Gasteiger partial charge in [0.05, 0.1) is 0 Å². The van der Waals surface area contributed by atoms with Crippen LogP contribution in [0.4, 0.5) is 26.3 Å². The van der Waals surface area contributed by atoms with E-state index >= 15 is 0 Å². The number of hydrogen-bond acceptors (Lipinski definition) is 6. The van der Waals surface area contributed by atoms with Crippen LogP contribution < -0.4 is 0 Å². The van der Waals surface area contributed by atoms with Gasteiger partial charge in [0.15, 0.2) is 11.2 Å². The lowest BCUT2D eigenvalue weighted by atomic mass is 9.78. The number of fused-ring (bicyclic) bond motifs is 2. The molecule has 3 saturated carbocycles. The molecular formula is C29H42F6O6. The van der Waals surface area contributed by atoms with Gasteiger partial charge in [-0.2, -0.15) is 26.3 Å². The second-order valence-electron chi connectivity index (χ2n) is 12.2. The number of ether oxygens (including phenoxy) is 2. The molecule has 0 spiro atoms. The Kier molecular flexibility index (Phi) is 11.2. The van der Waals surface area contributed by atoms with Crippen LogP contribution in [0.1, 0.15) is 85.5 Å². The first-order valence-corrected chi connectivity index (χ1v) is 13.9. The summed E-state index contributed by atoms with van der Waals surface area (Å²) in [6, 6.07) is 0. The lowest BCUT2D eigenvalue weighted by Gasteiger charge is -2.40. The highest BCUT2D eigenvalue weighted by atomic mass is 19.4. The van der Waals surface area contributed by atoms with Crippen LogP contribution in [0, 0.1) is 23.7 Å². The number of hydrogen-bond donors (Lipinski definition) is 2. The van der Waals surface area contributed by atoms with Crippen LogP contribution >= 0.6 is 0 Å². The first kappa shape index (κ1) is 35.1. The average Bonchev–Trinajstić information content (AvgIpc) is 3.48. The molecule has 0 aromatic rings. The summed E-state index contributed by atoms with van der Waals surface area (Å²) in [6.07, 6.45) is -6.05. The summed E-state index contributed by atoms with van der Waals surface area (Å²) >= 11 is 0. The molecule has 12 heteroatoms. The SMILES string of the molecule is C=C(C)C(=O)OC(C1CC2CCC1C2)C(C)(O)C(F)(F)F.C=C(C)C(=O)OC(C1CCCCC1)C(C)(O)C(F)(F)F. The maximum absolute atomic E-state index is 13.2. The average molecular weight is 601 g/mol. The van der Waals surface area contributed by atoms with Crippen LogP contribution in [0.25, 0.3) is 0 Å². The van der Waals surface area contributed by atoms with Gasteiger partial charge in [-0.15, -0.1) is 0 Å². The van der Waals surface area contributed by atoms with Crippen LogP contribution in [-0.4, -0.2) is 57.9 Å². The normalized spacial score (nSPS) is 27.4. The Morgan fingerprint density at radius 1 is 0.732 bits per heavy atom. The Labute approximate surface area is 237 Å². The summed E-state index contributed by atoms with van der Waals surface area (Å²) in [5.41, 5.74) is -6.06. The van der Waals surface area contributed by atoms with Gasteiger partial charge in [-0.25, -0.2) is 9.59 Å². The van der Waals surface area contributed by atoms with E-state index in [0.29, 0.717) is 39.0 Å². The summed E-state index contributed by atoms with van der Waals surface area (Å²) in [6.45, 7) is 10.8. The fourth-order valence-electron chi connectivity index (χ4n) is 6.14. The molecule has 7 unspecified atom stereocenters. The summed E-state index contributed by atoms with van der Waals surface area (Å²) in [7, 11) is 0. The maximum atomic E-state index is 13.2. The van der Waals surface area contributed by atoms with Crippen molar-refractivity contribution in [1.29, 1.82) is 0 Å². The Morgan fingerprint density at radius 2 is 1.17 bits per heavy atom. The second kappa shape index (κ2) is 13.1. The summed E-state index contributed by atoms with van der Waals surface area (Å²) in [5.74, 6) is -2.23. The molecule has 0 amide bonds. The highest BCUT2D eigenvalue weighted by molar-refractivity contribution is 5.87. The van der Waals surface area contributed by atoms with E-state index in [9.17, 15) is 46.1 Å². The molecule has 236 valence electrons. The zero-order valence-electron chi connectivity index (χ0n) is 24.0. The van der Waals surface area contributed by atoms with Crippen molar-refractivity contribution in [2.75, 3.05) is 0 Å². The van der Waals surface area contributed by atoms with Crippen molar-refractivity contribution in [3.63, 3.8) is 0 Å². The fourth-order valence-corrected chi connectivity index (χ4v) is 6.14. The Morgan fingerprint density at radius 3 is 1.54 bits per heavy atom. The molecule has 3 aliphatic carbocycles.